The zero-order valence-corrected chi connectivity index (χ0v) is 27.5. The largest absolute Gasteiger partial charge is 0.508 e. The second-order valence-electron chi connectivity index (χ2n) is 13.6. The molecule has 4 aromatic carbocycles. The zero-order valence-electron chi connectivity index (χ0n) is 26.8. The molecule has 2 aliphatic carbocycles. The van der Waals surface area contributed by atoms with Gasteiger partial charge in [-0.05, 0) is 85.8 Å². The normalized spacial score (nSPS) is 27.2. The van der Waals surface area contributed by atoms with Crippen LogP contribution >= 0.6 is 11.6 Å². The molecular formula is C40H30ClFN2O6. The van der Waals surface area contributed by atoms with Gasteiger partial charge in [-0.3, -0.25) is 28.9 Å². The standard InChI is InChI=1S/C40H30ClFN2O6/c1-40-30(37(48)44(39(40)50)25-13-18-32(42)31(41)19-25)20-29-27(34(40)21-9-14-26(45)15-10-21)16-17-28-33(29)38(49)43(36(28)47)24-11-7-23(8-12-24)35(46)22-5-3-2-4-6-22/h2-16,18-19,28-30,33-34,45H,17,20H2,1H3/t28-,29+,30-,33-,34-,40+/m0/s1. The Bertz CT molecular complexity index is 2150. The van der Waals surface area contributed by atoms with Crippen molar-refractivity contribution in [2.75, 3.05) is 9.80 Å². The lowest BCUT2D eigenvalue weighted by Gasteiger charge is -2.49. The van der Waals surface area contributed by atoms with Crippen LogP contribution in [0.3, 0.4) is 0 Å². The van der Waals surface area contributed by atoms with Crippen molar-refractivity contribution in [1.29, 1.82) is 0 Å². The average Bonchev–Trinajstić information content (AvgIpc) is 3.49. The fourth-order valence-electron chi connectivity index (χ4n) is 8.70. The van der Waals surface area contributed by atoms with Gasteiger partial charge in [0.05, 0.1) is 39.6 Å². The number of nitrogens with zero attached hydrogens (tertiary/aromatic N) is 2. The van der Waals surface area contributed by atoms with Crippen LogP contribution in [0.15, 0.2) is 109 Å². The van der Waals surface area contributed by atoms with E-state index in [9.17, 15) is 33.5 Å². The molecule has 0 unspecified atom stereocenters. The number of hydrogen-bond acceptors (Lipinski definition) is 6. The van der Waals surface area contributed by atoms with E-state index in [0.29, 0.717) is 22.4 Å². The SMILES string of the molecule is C[C@@]12C(=O)N(c3ccc(F)c(Cl)c3)C(=O)[C@@H]1C[C@@H]1C(=CC[C@@H]3C(=O)N(c4ccc(C(=O)c5ccccc5)cc4)C(=O)[C@@H]31)[C@@H]2c1ccc(O)cc1. The fourth-order valence-corrected chi connectivity index (χ4v) is 8.88. The van der Waals surface area contributed by atoms with Gasteiger partial charge in [0.1, 0.15) is 11.6 Å². The van der Waals surface area contributed by atoms with Gasteiger partial charge >= 0.3 is 0 Å². The summed E-state index contributed by atoms with van der Waals surface area (Å²) in [5.41, 5.74) is 1.61. The molecule has 0 spiro atoms. The minimum atomic E-state index is -1.30. The van der Waals surface area contributed by atoms with Gasteiger partial charge in [0.15, 0.2) is 5.78 Å². The lowest BCUT2D eigenvalue weighted by molar-refractivity contribution is -0.131. The van der Waals surface area contributed by atoms with Gasteiger partial charge in [-0.1, -0.05) is 65.7 Å². The molecular weight excluding hydrogens is 659 g/mol. The molecule has 8 rings (SSSR count). The Labute approximate surface area is 291 Å². The van der Waals surface area contributed by atoms with E-state index in [0.717, 1.165) is 16.5 Å². The molecule has 6 atom stereocenters. The van der Waals surface area contributed by atoms with Crippen molar-refractivity contribution in [2.45, 2.75) is 25.7 Å². The number of phenols is 1. The molecule has 2 saturated heterocycles. The monoisotopic (exact) mass is 688 g/mol. The van der Waals surface area contributed by atoms with Gasteiger partial charge < -0.3 is 5.11 Å². The number of anilines is 2. The van der Waals surface area contributed by atoms with Gasteiger partial charge in [0.25, 0.3) is 0 Å². The summed E-state index contributed by atoms with van der Waals surface area (Å²) in [6, 6.07) is 25.3. The number of allylic oxidation sites excluding steroid dienone is 2. The van der Waals surface area contributed by atoms with Crippen LogP contribution in [0.1, 0.15) is 47.2 Å². The number of carbonyl (C=O) groups is 5. The first-order valence-corrected chi connectivity index (χ1v) is 16.8. The summed E-state index contributed by atoms with van der Waals surface area (Å²) in [6.07, 6.45) is 2.35. The molecule has 4 aliphatic rings. The third kappa shape index (κ3) is 4.60. The molecule has 2 aliphatic heterocycles. The zero-order chi connectivity index (χ0) is 35.1. The Morgan fingerprint density at radius 1 is 0.800 bits per heavy atom. The Morgan fingerprint density at radius 2 is 1.46 bits per heavy atom. The van der Waals surface area contributed by atoms with Crippen LogP contribution in [0.2, 0.25) is 5.02 Å². The lowest BCUT2D eigenvalue weighted by Crippen LogP contribution is -2.48. The molecule has 8 nitrogen and oxygen atoms in total. The topological polar surface area (TPSA) is 112 Å². The number of aromatic hydroxyl groups is 1. The van der Waals surface area contributed by atoms with Crippen molar-refractivity contribution in [3.8, 4) is 5.75 Å². The Balaban J connectivity index is 1.17. The quantitative estimate of drug-likeness (QED) is 0.139. The maximum Gasteiger partial charge on any atom is 0.241 e. The number of benzene rings is 4. The summed E-state index contributed by atoms with van der Waals surface area (Å²) in [4.78, 5) is 72.4. The number of imide groups is 2. The van der Waals surface area contributed by atoms with Crippen LogP contribution in [0.25, 0.3) is 0 Å². The second kappa shape index (κ2) is 11.6. The molecule has 250 valence electrons. The summed E-state index contributed by atoms with van der Waals surface area (Å²) in [7, 11) is 0. The summed E-state index contributed by atoms with van der Waals surface area (Å²) in [5.74, 6) is -6.10. The van der Waals surface area contributed by atoms with Gasteiger partial charge in [-0.15, -0.1) is 0 Å². The predicted molar refractivity (Wildman–Crippen MR) is 183 cm³/mol. The fraction of sp³-hybridized carbons (Fsp3) is 0.225. The molecule has 0 aromatic heterocycles. The Kier molecular flexibility index (Phi) is 7.38. The highest BCUT2D eigenvalue weighted by Crippen LogP contribution is 2.63. The predicted octanol–water partition coefficient (Wildman–Crippen LogP) is 6.85. The van der Waals surface area contributed by atoms with Crippen molar-refractivity contribution >= 4 is 52.4 Å². The van der Waals surface area contributed by atoms with Crippen LogP contribution in [0, 0.1) is 34.9 Å². The molecule has 3 fully saturated rings. The number of fused-ring (bicyclic) bond motifs is 4. The number of phenolic OH excluding ortho intramolecular Hbond substituents is 1. The smallest absolute Gasteiger partial charge is 0.241 e. The van der Waals surface area contributed by atoms with Gasteiger partial charge in [0.2, 0.25) is 23.6 Å². The van der Waals surface area contributed by atoms with Crippen molar-refractivity contribution < 1.29 is 33.5 Å². The summed E-state index contributed by atoms with van der Waals surface area (Å²) < 4.78 is 14.1. The van der Waals surface area contributed by atoms with Crippen molar-refractivity contribution in [2.24, 2.45) is 29.1 Å². The summed E-state index contributed by atoms with van der Waals surface area (Å²) in [6.45, 7) is 1.75. The molecule has 1 saturated carbocycles. The highest BCUT2D eigenvalue weighted by molar-refractivity contribution is 6.32. The van der Waals surface area contributed by atoms with E-state index in [1.165, 1.54) is 29.2 Å². The molecule has 0 bridgehead atoms. The van der Waals surface area contributed by atoms with Crippen molar-refractivity contribution in [3.05, 3.63) is 136 Å². The molecule has 4 aromatic rings. The third-order valence-electron chi connectivity index (χ3n) is 11.1. The minimum Gasteiger partial charge on any atom is -0.508 e. The number of carbonyl (C=O) groups excluding carboxylic acids is 5. The van der Waals surface area contributed by atoms with Crippen LogP contribution in [-0.4, -0.2) is 34.5 Å². The second-order valence-corrected chi connectivity index (χ2v) is 14.0. The van der Waals surface area contributed by atoms with Gasteiger partial charge in [0, 0.05) is 17.0 Å². The first-order chi connectivity index (χ1) is 24.0. The lowest BCUT2D eigenvalue weighted by atomic mass is 9.51. The summed E-state index contributed by atoms with van der Waals surface area (Å²) >= 11 is 6.07. The van der Waals surface area contributed by atoms with E-state index in [4.69, 9.17) is 11.6 Å². The van der Waals surface area contributed by atoms with E-state index in [-0.39, 0.29) is 41.0 Å². The van der Waals surface area contributed by atoms with Crippen LogP contribution in [0.5, 0.6) is 5.75 Å². The highest BCUT2D eigenvalue weighted by atomic mass is 35.5. The third-order valence-corrected chi connectivity index (χ3v) is 11.4. The van der Waals surface area contributed by atoms with Crippen molar-refractivity contribution in [3.63, 3.8) is 0 Å². The van der Waals surface area contributed by atoms with Gasteiger partial charge in [-0.25, -0.2) is 9.29 Å². The maximum atomic E-state index is 14.5. The van der Waals surface area contributed by atoms with E-state index < -0.39 is 58.5 Å². The van der Waals surface area contributed by atoms with Crippen LogP contribution < -0.4 is 9.80 Å². The van der Waals surface area contributed by atoms with E-state index in [1.54, 1.807) is 67.6 Å². The molecule has 1 N–H and O–H groups in total. The van der Waals surface area contributed by atoms with Crippen LogP contribution in [-0.2, 0) is 19.2 Å². The molecule has 4 amide bonds. The Morgan fingerprint density at radius 3 is 2.14 bits per heavy atom. The number of amides is 4. The number of hydrogen-bond donors (Lipinski definition) is 1. The highest BCUT2D eigenvalue weighted by Gasteiger charge is 2.67. The minimum absolute atomic E-state index is 0.0283. The van der Waals surface area contributed by atoms with Crippen LogP contribution in [0.4, 0.5) is 15.8 Å². The average molecular weight is 689 g/mol. The summed E-state index contributed by atoms with van der Waals surface area (Å²) in [5, 5.41) is 9.88. The molecule has 2 heterocycles. The number of halogens is 2. The van der Waals surface area contributed by atoms with Crippen molar-refractivity contribution in [1.82, 2.24) is 0 Å². The molecule has 0 radical (unpaired) electrons. The van der Waals surface area contributed by atoms with Gasteiger partial charge in [-0.2, -0.15) is 0 Å². The first-order valence-electron chi connectivity index (χ1n) is 16.4. The first kappa shape index (κ1) is 31.8. The molecule has 50 heavy (non-hydrogen) atoms. The Hall–Kier alpha value is -5.41. The maximum absolute atomic E-state index is 14.5. The number of rotatable bonds is 5. The van der Waals surface area contributed by atoms with E-state index in [1.807, 2.05) is 12.1 Å². The number of ketones is 1. The molecule has 10 heteroatoms. The van der Waals surface area contributed by atoms with E-state index in [2.05, 4.69) is 0 Å². The van der Waals surface area contributed by atoms with E-state index >= 15 is 0 Å².